The lowest BCUT2D eigenvalue weighted by atomic mass is 10.2. The first kappa shape index (κ1) is 18.1. The van der Waals surface area contributed by atoms with Crippen LogP contribution in [0.15, 0.2) is 30.5 Å². The molecule has 9 heteroatoms. The van der Waals surface area contributed by atoms with Gasteiger partial charge in [0.25, 0.3) is 0 Å². The van der Waals surface area contributed by atoms with Crippen LogP contribution in [0.4, 0.5) is 13.2 Å². The largest absolute Gasteiger partial charge is 0.493 e. The van der Waals surface area contributed by atoms with E-state index in [9.17, 15) is 18.0 Å². The van der Waals surface area contributed by atoms with Gasteiger partial charge in [0, 0.05) is 12.3 Å². The number of ether oxygens (including phenoxy) is 3. The van der Waals surface area contributed by atoms with Gasteiger partial charge in [-0.3, -0.25) is 0 Å². The van der Waals surface area contributed by atoms with Crippen molar-refractivity contribution in [2.45, 2.75) is 6.18 Å². The normalized spacial score (nSPS) is 10.7. The SMILES string of the molecule is COC(=O)c1cc(C(F)(F)F)cnc1Oc1ccc(C#N)cc1OC. The first-order chi connectivity index (χ1) is 11.8. The van der Waals surface area contributed by atoms with Crippen molar-refractivity contribution in [1.82, 2.24) is 4.98 Å². The van der Waals surface area contributed by atoms with Crippen LogP contribution in [-0.4, -0.2) is 25.2 Å². The maximum Gasteiger partial charge on any atom is 0.417 e. The number of carbonyl (C=O) groups is 1. The van der Waals surface area contributed by atoms with Crippen LogP contribution in [0, 0.1) is 11.3 Å². The van der Waals surface area contributed by atoms with Gasteiger partial charge in [0.2, 0.25) is 5.88 Å². The summed E-state index contributed by atoms with van der Waals surface area (Å²) in [6.45, 7) is 0. The Morgan fingerprint density at radius 2 is 1.92 bits per heavy atom. The number of nitrogens with zero attached hydrogens (tertiary/aromatic N) is 2. The van der Waals surface area contributed by atoms with E-state index in [2.05, 4.69) is 9.72 Å². The average molecular weight is 352 g/mol. The van der Waals surface area contributed by atoms with Crippen LogP contribution >= 0.6 is 0 Å². The van der Waals surface area contributed by atoms with Crippen molar-refractivity contribution in [3.05, 3.63) is 47.2 Å². The minimum absolute atomic E-state index is 0.0684. The molecule has 0 aliphatic rings. The van der Waals surface area contributed by atoms with E-state index >= 15 is 0 Å². The first-order valence-corrected chi connectivity index (χ1v) is 6.71. The molecule has 6 nitrogen and oxygen atoms in total. The highest BCUT2D eigenvalue weighted by atomic mass is 19.4. The highest BCUT2D eigenvalue weighted by Gasteiger charge is 2.33. The summed E-state index contributed by atoms with van der Waals surface area (Å²) in [6.07, 6.45) is -4.14. The predicted octanol–water partition coefficient (Wildman–Crippen LogP) is 3.56. The molecule has 0 atom stereocenters. The number of nitriles is 1. The Morgan fingerprint density at radius 1 is 1.20 bits per heavy atom. The van der Waals surface area contributed by atoms with Crippen molar-refractivity contribution in [1.29, 1.82) is 5.26 Å². The standard InChI is InChI=1S/C16H11F3N2O4/c1-23-13-5-9(7-20)3-4-12(13)25-14-11(15(22)24-2)6-10(8-21-14)16(17,18)19/h3-6,8H,1-2H3. The Balaban J connectivity index is 2.49. The number of rotatable bonds is 4. The van der Waals surface area contributed by atoms with Gasteiger partial charge in [0.15, 0.2) is 11.5 Å². The fourth-order valence-electron chi connectivity index (χ4n) is 1.87. The van der Waals surface area contributed by atoms with E-state index in [0.29, 0.717) is 12.3 Å². The topological polar surface area (TPSA) is 81.4 Å². The summed E-state index contributed by atoms with van der Waals surface area (Å²) in [5.41, 5.74) is -1.33. The van der Waals surface area contributed by atoms with Gasteiger partial charge in [0.05, 0.1) is 31.4 Å². The second kappa shape index (κ2) is 7.09. The number of benzene rings is 1. The van der Waals surface area contributed by atoms with Gasteiger partial charge in [-0.05, 0) is 18.2 Å². The summed E-state index contributed by atoms with van der Waals surface area (Å²) in [6, 6.07) is 6.65. The van der Waals surface area contributed by atoms with Crippen LogP contribution in [-0.2, 0) is 10.9 Å². The zero-order valence-electron chi connectivity index (χ0n) is 13.0. The molecule has 0 aliphatic carbocycles. The molecule has 0 N–H and O–H groups in total. The molecule has 2 aromatic rings. The molecule has 0 fully saturated rings. The second-order valence-electron chi connectivity index (χ2n) is 4.65. The highest BCUT2D eigenvalue weighted by molar-refractivity contribution is 5.92. The van der Waals surface area contributed by atoms with Crippen molar-refractivity contribution in [3.8, 4) is 23.4 Å². The van der Waals surface area contributed by atoms with Crippen molar-refractivity contribution >= 4 is 5.97 Å². The third-order valence-electron chi connectivity index (χ3n) is 3.08. The predicted molar refractivity (Wildman–Crippen MR) is 78.4 cm³/mol. The highest BCUT2D eigenvalue weighted by Crippen LogP contribution is 2.35. The Morgan fingerprint density at radius 3 is 2.48 bits per heavy atom. The Hall–Kier alpha value is -3.28. The van der Waals surface area contributed by atoms with Crippen LogP contribution in [0.2, 0.25) is 0 Å². The Kier molecular flexibility index (Phi) is 5.12. The molecular weight excluding hydrogens is 341 g/mol. The van der Waals surface area contributed by atoms with Crippen molar-refractivity contribution in [3.63, 3.8) is 0 Å². The van der Waals surface area contributed by atoms with E-state index in [1.807, 2.05) is 6.07 Å². The number of pyridine rings is 1. The molecule has 2 rings (SSSR count). The number of hydrogen-bond donors (Lipinski definition) is 0. The van der Waals surface area contributed by atoms with Crippen LogP contribution < -0.4 is 9.47 Å². The van der Waals surface area contributed by atoms with E-state index in [4.69, 9.17) is 14.7 Å². The summed E-state index contributed by atoms with van der Waals surface area (Å²) in [5.74, 6) is -1.21. The quantitative estimate of drug-likeness (QED) is 0.783. The fourth-order valence-corrected chi connectivity index (χ4v) is 1.87. The molecule has 130 valence electrons. The summed E-state index contributed by atoms with van der Waals surface area (Å²) in [5, 5.41) is 8.87. The van der Waals surface area contributed by atoms with Crippen LogP contribution in [0.3, 0.4) is 0 Å². The average Bonchev–Trinajstić information content (AvgIpc) is 2.60. The number of carbonyl (C=O) groups excluding carboxylic acids is 1. The monoisotopic (exact) mass is 352 g/mol. The zero-order chi connectivity index (χ0) is 18.6. The molecule has 1 aromatic heterocycles. The number of esters is 1. The van der Waals surface area contributed by atoms with Crippen LogP contribution in [0.5, 0.6) is 17.4 Å². The van der Waals surface area contributed by atoms with E-state index in [1.165, 1.54) is 25.3 Å². The van der Waals surface area contributed by atoms with Gasteiger partial charge in [-0.2, -0.15) is 18.4 Å². The molecule has 0 unspecified atom stereocenters. The molecule has 1 heterocycles. The number of halogens is 3. The van der Waals surface area contributed by atoms with E-state index in [-0.39, 0.29) is 22.9 Å². The molecule has 25 heavy (non-hydrogen) atoms. The van der Waals surface area contributed by atoms with Crippen molar-refractivity contribution < 1.29 is 32.2 Å². The van der Waals surface area contributed by atoms with E-state index in [1.54, 1.807) is 0 Å². The molecule has 0 bridgehead atoms. The van der Waals surface area contributed by atoms with Gasteiger partial charge in [-0.15, -0.1) is 0 Å². The molecule has 0 radical (unpaired) electrons. The molecule has 0 saturated carbocycles. The fraction of sp³-hybridized carbons (Fsp3) is 0.188. The van der Waals surface area contributed by atoms with E-state index in [0.717, 1.165) is 7.11 Å². The Labute approximate surface area is 140 Å². The van der Waals surface area contributed by atoms with Gasteiger partial charge in [-0.25, -0.2) is 9.78 Å². The van der Waals surface area contributed by atoms with Gasteiger partial charge in [0.1, 0.15) is 5.56 Å². The minimum Gasteiger partial charge on any atom is -0.493 e. The summed E-state index contributed by atoms with van der Waals surface area (Å²) >= 11 is 0. The lowest BCUT2D eigenvalue weighted by Crippen LogP contribution is -2.11. The zero-order valence-corrected chi connectivity index (χ0v) is 13.0. The summed E-state index contributed by atoms with van der Waals surface area (Å²) in [4.78, 5) is 15.3. The van der Waals surface area contributed by atoms with Gasteiger partial charge < -0.3 is 14.2 Å². The third-order valence-corrected chi connectivity index (χ3v) is 3.08. The molecule has 0 amide bonds. The van der Waals surface area contributed by atoms with Gasteiger partial charge >= 0.3 is 12.1 Å². The lowest BCUT2D eigenvalue weighted by molar-refractivity contribution is -0.137. The van der Waals surface area contributed by atoms with Crippen molar-refractivity contribution in [2.75, 3.05) is 14.2 Å². The summed E-state index contributed by atoms with van der Waals surface area (Å²) in [7, 11) is 2.35. The molecule has 0 saturated heterocycles. The second-order valence-corrected chi connectivity index (χ2v) is 4.65. The molecular formula is C16H11F3N2O4. The van der Waals surface area contributed by atoms with E-state index < -0.39 is 23.3 Å². The smallest absolute Gasteiger partial charge is 0.417 e. The summed E-state index contributed by atoms with van der Waals surface area (Å²) < 4.78 is 53.4. The number of methoxy groups -OCH3 is 2. The molecule has 0 aliphatic heterocycles. The minimum atomic E-state index is -4.68. The van der Waals surface area contributed by atoms with Crippen LogP contribution in [0.1, 0.15) is 21.5 Å². The van der Waals surface area contributed by atoms with Crippen LogP contribution in [0.25, 0.3) is 0 Å². The van der Waals surface area contributed by atoms with Gasteiger partial charge in [-0.1, -0.05) is 0 Å². The number of alkyl halides is 3. The maximum absolute atomic E-state index is 12.8. The van der Waals surface area contributed by atoms with Crippen molar-refractivity contribution in [2.24, 2.45) is 0 Å². The Bertz CT molecular complexity index is 844. The maximum atomic E-state index is 12.8. The number of aromatic nitrogens is 1. The first-order valence-electron chi connectivity index (χ1n) is 6.71. The molecule has 0 spiro atoms. The number of hydrogen-bond acceptors (Lipinski definition) is 6. The third kappa shape index (κ3) is 3.98. The lowest BCUT2D eigenvalue weighted by Gasteiger charge is -2.14. The molecule has 1 aromatic carbocycles.